The molecule has 0 bridgehead atoms. The van der Waals surface area contributed by atoms with Crippen molar-refractivity contribution in [1.29, 1.82) is 0 Å². The number of benzene rings is 1. The minimum atomic E-state index is -0.907. The van der Waals surface area contributed by atoms with Crippen molar-refractivity contribution < 1.29 is 13.6 Å². The average Bonchev–Trinajstić information content (AvgIpc) is 2.19. The Morgan fingerprint density at radius 1 is 1.36 bits per heavy atom. The Bertz CT molecular complexity index is 344. The third-order valence-corrected chi connectivity index (χ3v) is 2.10. The van der Waals surface area contributed by atoms with Crippen LogP contribution < -0.4 is 5.32 Å². The van der Waals surface area contributed by atoms with Gasteiger partial charge in [-0.05, 0) is 17.7 Å². The summed E-state index contributed by atoms with van der Waals surface area (Å²) in [6.45, 7) is 0.196. The van der Waals surface area contributed by atoms with E-state index in [0.29, 0.717) is 5.56 Å². The molecule has 0 aliphatic heterocycles. The number of rotatable bonds is 3. The van der Waals surface area contributed by atoms with Crippen molar-refractivity contribution in [2.24, 2.45) is 0 Å². The highest BCUT2D eigenvalue weighted by molar-refractivity contribution is 9.09. The second-order valence-electron chi connectivity index (χ2n) is 2.66. The van der Waals surface area contributed by atoms with Crippen molar-refractivity contribution in [3.63, 3.8) is 0 Å². The van der Waals surface area contributed by atoms with Crippen LogP contribution in [-0.2, 0) is 11.3 Å². The van der Waals surface area contributed by atoms with Crippen LogP contribution in [0.15, 0.2) is 18.2 Å². The predicted molar refractivity (Wildman–Crippen MR) is 52.0 cm³/mol. The molecule has 0 unspecified atom stereocenters. The Balaban J connectivity index is 2.60. The fourth-order valence-corrected chi connectivity index (χ4v) is 1.10. The van der Waals surface area contributed by atoms with Crippen molar-refractivity contribution in [2.75, 3.05) is 5.33 Å². The molecule has 0 atom stereocenters. The molecule has 1 N–H and O–H groups in total. The summed E-state index contributed by atoms with van der Waals surface area (Å²) < 4.78 is 25.2. The molecule has 1 aromatic rings. The van der Waals surface area contributed by atoms with E-state index < -0.39 is 11.6 Å². The average molecular weight is 264 g/mol. The third-order valence-electron chi connectivity index (χ3n) is 1.60. The van der Waals surface area contributed by atoms with E-state index in [-0.39, 0.29) is 17.8 Å². The first-order valence-corrected chi connectivity index (χ1v) is 5.02. The fourth-order valence-electron chi connectivity index (χ4n) is 0.897. The lowest BCUT2D eigenvalue weighted by molar-refractivity contribution is -0.118. The standard InChI is InChI=1S/C9H8BrF2NO/c10-4-9(14)13-5-6-1-2-7(11)8(12)3-6/h1-3H,4-5H2,(H,13,14). The molecule has 14 heavy (non-hydrogen) atoms. The Morgan fingerprint density at radius 3 is 2.64 bits per heavy atom. The second kappa shape index (κ2) is 5.05. The van der Waals surface area contributed by atoms with Gasteiger partial charge in [0.15, 0.2) is 11.6 Å². The summed E-state index contributed by atoms with van der Waals surface area (Å²) in [7, 11) is 0. The van der Waals surface area contributed by atoms with Gasteiger partial charge in [-0.1, -0.05) is 22.0 Å². The van der Waals surface area contributed by atoms with Crippen molar-refractivity contribution in [3.05, 3.63) is 35.4 Å². The molecule has 0 saturated heterocycles. The monoisotopic (exact) mass is 263 g/mol. The van der Waals surface area contributed by atoms with Crippen LogP contribution >= 0.6 is 15.9 Å². The molecule has 5 heteroatoms. The highest BCUT2D eigenvalue weighted by Crippen LogP contribution is 2.08. The quantitative estimate of drug-likeness (QED) is 0.831. The summed E-state index contributed by atoms with van der Waals surface area (Å²) in [6, 6.07) is 3.52. The van der Waals surface area contributed by atoms with E-state index in [1.807, 2.05) is 0 Å². The second-order valence-corrected chi connectivity index (χ2v) is 3.22. The molecule has 1 aromatic carbocycles. The normalized spacial score (nSPS) is 9.93. The Morgan fingerprint density at radius 2 is 2.07 bits per heavy atom. The Kier molecular flexibility index (Phi) is 4.00. The first kappa shape index (κ1) is 11.1. The molecule has 0 aliphatic carbocycles. The number of alkyl halides is 1. The number of hydrogen-bond acceptors (Lipinski definition) is 1. The molecule has 0 saturated carbocycles. The van der Waals surface area contributed by atoms with Crippen LogP contribution in [0, 0.1) is 11.6 Å². The minimum Gasteiger partial charge on any atom is -0.351 e. The number of carbonyl (C=O) groups is 1. The maximum absolute atomic E-state index is 12.7. The molecule has 1 amide bonds. The molecule has 0 aromatic heterocycles. The summed E-state index contributed by atoms with van der Waals surface area (Å²) in [5.74, 6) is -1.99. The van der Waals surface area contributed by atoms with E-state index in [1.165, 1.54) is 6.07 Å². The molecule has 0 aliphatic rings. The zero-order chi connectivity index (χ0) is 10.6. The lowest BCUT2D eigenvalue weighted by atomic mass is 10.2. The predicted octanol–water partition coefficient (Wildman–Crippen LogP) is 1.98. The zero-order valence-corrected chi connectivity index (χ0v) is 8.77. The van der Waals surface area contributed by atoms with Crippen LogP contribution in [0.1, 0.15) is 5.56 Å². The van der Waals surface area contributed by atoms with Gasteiger partial charge in [0, 0.05) is 6.54 Å². The maximum Gasteiger partial charge on any atom is 0.230 e. The molecule has 0 radical (unpaired) electrons. The molecular formula is C9H8BrF2NO. The van der Waals surface area contributed by atoms with Crippen LogP contribution in [-0.4, -0.2) is 11.2 Å². The van der Waals surface area contributed by atoms with Crippen LogP contribution in [0.25, 0.3) is 0 Å². The van der Waals surface area contributed by atoms with Gasteiger partial charge in [-0.15, -0.1) is 0 Å². The van der Waals surface area contributed by atoms with E-state index >= 15 is 0 Å². The number of amides is 1. The SMILES string of the molecule is O=C(CBr)NCc1ccc(F)c(F)c1. The van der Waals surface area contributed by atoms with Gasteiger partial charge in [0.1, 0.15) is 0 Å². The van der Waals surface area contributed by atoms with Gasteiger partial charge in [0.25, 0.3) is 0 Å². The summed E-state index contributed by atoms with van der Waals surface area (Å²) in [6.07, 6.45) is 0. The summed E-state index contributed by atoms with van der Waals surface area (Å²) in [4.78, 5) is 10.8. The molecule has 0 heterocycles. The van der Waals surface area contributed by atoms with Crippen LogP contribution in [0.2, 0.25) is 0 Å². The highest BCUT2D eigenvalue weighted by atomic mass is 79.9. The first-order valence-electron chi connectivity index (χ1n) is 3.90. The van der Waals surface area contributed by atoms with Crippen molar-refractivity contribution in [3.8, 4) is 0 Å². The van der Waals surface area contributed by atoms with Gasteiger partial charge in [-0.3, -0.25) is 4.79 Å². The Hall–Kier alpha value is -0.970. The molecule has 0 spiro atoms. The summed E-state index contributed by atoms with van der Waals surface area (Å²) in [5.41, 5.74) is 0.526. The van der Waals surface area contributed by atoms with Crippen molar-refractivity contribution >= 4 is 21.8 Å². The number of carbonyl (C=O) groups excluding carboxylic acids is 1. The van der Waals surface area contributed by atoms with Gasteiger partial charge in [0.05, 0.1) is 5.33 Å². The van der Waals surface area contributed by atoms with Crippen LogP contribution in [0.5, 0.6) is 0 Å². The molecule has 76 valence electrons. The first-order chi connectivity index (χ1) is 6.63. The molecule has 1 rings (SSSR count). The molecule has 2 nitrogen and oxygen atoms in total. The minimum absolute atomic E-state index is 0.191. The number of nitrogens with one attached hydrogen (secondary N) is 1. The van der Waals surface area contributed by atoms with E-state index in [9.17, 15) is 13.6 Å². The summed E-state index contributed by atoms with van der Waals surface area (Å²) in [5, 5.41) is 2.71. The zero-order valence-electron chi connectivity index (χ0n) is 7.19. The van der Waals surface area contributed by atoms with Gasteiger partial charge < -0.3 is 5.32 Å². The largest absolute Gasteiger partial charge is 0.351 e. The van der Waals surface area contributed by atoms with Gasteiger partial charge in [-0.25, -0.2) is 8.78 Å². The molecule has 0 fully saturated rings. The van der Waals surface area contributed by atoms with Crippen molar-refractivity contribution in [1.82, 2.24) is 5.32 Å². The maximum atomic E-state index is 12.7. The highest BCUT2D eigenvalue weighted by Gasteiger charge is 2.03. The lowest BCUT2D eigenvalue weighted by Crippen LogP contribution is -2.23. The van der Waals surface area contributed by atoms with Crippen LogP contribution in [0.4, 0.5) is 8.78 Å². The Labute approximate surface area is 88.4 Å². The van der Waals surface area contributed by atoms with Gasteiger partial charge in [0.2, 0.25) is 5.91 Å². The smallest absolute Gasteiger partial charge is 0.230 e. The number of hydrogen-bond donors (Lipinski definition) is 1. The van der Waals surface area contributed by atoms with Crippen LogP contribution in [0.3, 0.4) is 0 Å². The van der Waals surface area contributed by atoms with E-state index in [4.69, 9.17) is 0 Å². The van der Waals surface area contributed by atoms with Crippen molar-refractivity contribution in [2.45, 2.75) is 6.54 Å². The van der Waals surface area contributed by atoms with E-state index in [2.05, 4.69) is 21.2 Å². The molecular weight excluding hydrogens is 256 g/mol. The number of halogens is 3. The fraction of sp³-hybridized carbons (Fsp3) is 0.222. The van der Waals surface area contributed by atoms with Gasteiger partial charge in [-0.2, -0.15) is 0 Å². The topological polar surface area (TPSA) is 29.1 Å². The van der Waals surface area contributed by atoms with E-state index in [1.54, 1.807) is 0 Å². The van der Waals surface area contributed by atoms with E-state index in [0.717, 1.165) is 12.1 Å². The third kappa shape index (κ3) is 3.06. The summed E-state index contributed by atoms with van der Waals surface area (Å²) >= 11 is 2.97. The lowest BCUT2D eigenvalue weighted by Gasteiger charge is -2.03. The van der Waals surface area contributed by atoms with Gasteiger partial charge >= 0.3 is 0 Å².